The zero-order valence-corrected chi connectivity index (χ0v) is 11.2. The normalized spacial score (nSPS) is 11.1. The van der Waals surface area contributed by atoms with Crippen molar-refractivity contribution in [3.05, 3.63) is 59.0 Å². The van der Waals surface area contributed by atoms with Crippen LogP contribution in [0.15, 0.2) is 36.5 Å². The minimum Gasteiger partial charge on any atom is -0.478 e. The number of alkyl halides is 3. The molecule has 0 aliphatic rings. The Morgan fingerprint density at radius 2 is 1.83 bits per heavy atom. The molecule has 1 aromatic heterocycles. The number of rotatable bonds is 3. The molecule has 0 spiro atoms. The van der Waals surface area contributed by atoms with E-state index < -0.39 is 35.0 Å². The third-order valence-electron chi connectivity index (χ3n) is 2.79. The fourth-order valence-corrected chi connectivity index (χ4v) is 1.65. The fourth-order valence-electron chi connectivity index (χ4n) is 1.65. The first-order valence-corrected chi connectivity index (χ1v) is 6.06. The molecule has 2 N–H and O–H groups in total. The molecule has 2 aromatic rings. The van der Waals surface area contributed by atoms with Gasteiger partial charge in [0.15, 0.2) is 0 Å². The van der Waals surface area contributed by atoms with E-state index in [-0.39, 0.29) is 11.4 Å². The lowest BCUT2D eigenvalue weighted by Gasteiger charge is -2.10. The Labute approximate surface area is 126 Å². The van der Waals surface area contributed by atoms with E-state index in [0.717, 1.165) is 18.3 Å². The number of amides is 1. The van der Waals surface area contributed by atoms with Crippen LogP contribution in [0, 0.1) is 5.82 Å². The van der Waals surface area contributed by atoms with Crippen molar-refractivity contribution in [2.75, 3.05) is 5.32 Å². The summed E-state index contributed by atoms with van der Waals surface area (Å²) < 4.78 is 51.3. The fraction of sp³-hybridized carbons (Fsp3) is 0.0714. The number of carboxylic acid groups (broad SMARTS) is 1. The van der Waals surface area contributed by atoms with E-state index in [1.165, 1.54) is 0 Å². The second-order valence-electron chi connectivity index (χ2n) is 4.38. The highest BCUT2D eigenvalue weighted by Gasteiger charge is 2.32. The first-order valence-electron chi connectivity index (χ1n) is 6.06. The van der Waals surface area contributed by atoms with Crippen LogP contribution in [0.4, 0.5) is 23.4 Å². The molecule has 9 heteroatoms. The van der Waals surface area contributed by atoms with Crippen molar-refractivity contribution in [3.63, 3.8) is 0 Å². The van der Waals surface area contributed by atoms with Gasteiger partial charge in [-0.05, 0) is 30.3 Å². The summed E-state index contributed by atoms with van der Waals surface area (Å²) in [5.74, 6) is -3.63. The van der Waals surface area contributed by atoms with Crippen LogP contribution in [0.5, 0.6) is 0 Å². The Balaban J connectivity index is 2.25. The molecule has 0 saturated carbocycles. The van der Waals surface area contributed by atoms with E-state index in [2.05, 4.69) is 10.3 Å². The average Bonchev–Trinajstić information content (AvgIpc) is 2.46. The largest absolute Gasteiger partial charge is 0.478 e. The summed E-state index contributed by atoms with van der Waals surface area (Å²) in [6.45, 7) is 0. The zero-order chi connectivity index (χ0) is 17.2. The number of carbonyl (C=O) groups is 2. The highest BCUT2D eigenvalue weighted by atomic mass is 19.4. The standard InChI is InChI=1S/C14H8F4N2O3/c15-10-3-2-8(14(16,17)18)5-9(10)12(21)20-11-4-1-7(6-19-11)13(22)23/h1-6H,(H,22,23)(H,19,20,21). The van der Waals surface area contributed by atoms with Crippen LogP contribution in [0.1, 0.15) is 26.3 Å². The number of carbonyl (C=O) groups excluding carboxylic acids is 1. The van der Waals surface area contributed by atoms with E-state index in [1.807, 2.05) is 0 Å². The van der Waals surface area contributed by atoms with Crippen LogP contribution in [0.25, 0.3) is 0 Å². The Hall–Kier alpha value is -2.97. The summed E-state index contributed by atoms with van der Waals surface area (Å²) in [6, 6.07) is 3.71. The third kappa shape index (κ3) is 3.82. The quantitative estimate of drug-likeness (QED) is 0.848. The maximum absolute atomic E-state index is 13.6. The van der Waals surface area contributed by atoms with Crippen molar-refractivity contribution in [2.24, 2.45) is 0 Å². The summed E-state index contributed by atoms with van der Waals surface area (Å²) in [6.07, 6.45) is -3.77. The first-order chi connectivity index (χ1) is 10.7. The van der Waals surface area contributed by atoms with Gasteiger partial charge in [0.25, 0.3) is 5.91 Å². The summed E-state index contributed by atoms with van der Waals surface area (Å²) in [5, 5.41) is 10.8. The molecular weight excluding hydrogens is 320 g/mol. The Morgan fingerprint density at radius 1 is 1.13 bits per heavy atom. The van der Waals surface area contributed by atoms with Crippen molar-refractivity contribution in [2.45, 2.75) is 6.18 Å². The van der Waals surface area contributed by atoms with Crippen LogP contribution in [0.2, 0.25) is 0 Å². The zero-order valence-electron chi connectivity index (χ0n) is 11.2. The van der Waals surface area contributed by atoms with Gasteiger partial charge >= 0.3 is 12.1 Å². The van der Waals surface area contributed by atoms with E-state index in [0.29, 0.717) is 18.2 Å². The summed E-state index contributed by atoms with van der Waals surface area (Å²) in [7, 11) is 0. The Kier molecular flexibility index (Phi) is 4.30. The molecule has 0 radical (unpaired) electrons. The number of anilines is 1. The van der Waals surface area contributed by atoms with Crippen LogP contribution in [0.3, 0.4) is 0 Å². The van der Waals surface area contributed by atoms with Crippen molar-refractivity contribution in [3.8, 4) is 0 Å². The lowest BCUT2D eigenvalue weighted by atomic mass is 10.1. The number of nitrogens with zero attached hydrogens (tertiary/aromatic N) is 1. The van der Waals surface area contributed by atoms with Gasteiger partial charge in [0.2, 0.25) is 0 Å². The molecule has 2 rings (SSSR count). The van der Waals surface area contributed by atoms with Gasteiger partial charge in [0.1, 0.15) is 11.6 Å². The number of pyridine rings is 1. The number of aromatic carboxylic acids is 1. The maximum atomic E-state index is 13.6. The Morgan fingerprint density at radius 3 is 2.35 bits per heavy atom. The molecule has 0 aliphatic heterocycles. The van der Waals surface area contributed by atoms with Crippen LogP contribution >= 0.6 is 0 Å². The molecule has 1 amide bonds. The summed E-state index contributed by atoms with van der Waals surface area (Å²) in [4.78, 5) is 26.1. The first kappa shape index (κ1) is 16.4. The molecule has 0 atom stereocenters. The molecule has 0 fully saturated rings. The maximum Gasteiger partial charge on any atom is 0.416 e. The number of halogens is 4. The SMILES string of the molecule is O=C(O)c1ccc(NC(=O)c2cc(C(F)(F)F)ccc2F)nc1. The minimum atomic E-state index is -4.72. The molecule has 5 nitrogen and oxygen atoms in total. The Bertz CT molecular complexity index is 758. The molecule has 120 valence electrons. The van der Waals surface area contributed by atoms with Gasteiger partial charge in [0, 0.05) is 6.20 Å². The van der Waals surface area contributed by atoms with Gasteiger partial charge in [-0.2, -0.15) is 13.2 Å². The molecule has 23 heavy (non-hydrogen) atoms. The third-order valence-corrected chi connectivity index (χ3v) is 2.79. The smallest absolute Gasteiger partial charge is 0.416 e. The van der Waals surface area contributed by atoms with Gasteiger partial charge < -0.3 is 10.4 Å². The second kappa shape index (κ2) is 6.03. The van der Waals surface area contributed by atoms with E-state index >= 15 is 0 Å². The topological polar surface area (TPSA) is 79.3 Å². The van der Waals surface area contributed by atoms with Crippen molar-refractivity contribution >= 4 is 17.7 Å². The summed E-state index contributed by atoms with van der Waals surface area (Å²) >= 11 is 0. The molecule has 0 bridgehead atoms. The number of hydrogen-bond donors (Lipinski definition) is 2. The van der Waals surface area contributed by atoms with Gasteiger partial charge in [-0.15, -0.1) is 0 Å². The molecule has 1 heterocycles. The molecule has 0 saturated heterocycles. The van der Waals surface area contributed by atoms with Crippen molar-refractivity contribution in [1.82, 2.24) is 4.98 Å². The number of aromatic nitrogens is 1. The van der Waals surface area contributed by atoms with Gasteiger partial charge in [-0.3, -0.25) is 4.79 Å². The van der Waals surface area contributed by atoms with Crippen molar-refractivity contribution < 1.29 is 32.3 Å². The number of hydrogen-bond acceptors (Lipinski definition) is 3. The monoisotopic (exact) mass is 328 g/mol. The van der Waals surface area contributed by atoms with Crippen LogP contribution in [-0.4, -0.2) is 22.0 Å². The molecule has 1 aromatic carbocycles. The molecule has 0 aliphatic carbocycles. The minimum absolute atomic E-state index is 0.128. The predicted octanol–water partition coefficient (Wildman–Crippen LogP) is 3.19. The van der Waals surface area contributed by atoms with E-state index in [4.69, 9.17) is 5.11 Å². The predicted molar refractivity (Wildman–Crippen MR) is 70.6 cm³/mol. The lowest BCUT2D eigenvalue weighted by molar-refractivity contribution is -0.137. The number of carboxylic acids is 1. The van der Waals surface area contributed by atoms with Gasteiger partial charge in [-0.1, -0.05) is 0 Å². The van der Waals surface area contributed by atoms with E-state index in [1.54, 1.807) is 0 Å². The van der Waals surface area contributed by atoms with Crippen LogP contribution in [-0.2, 0) is 6.18 Å². The van der Waals surface area contributed by atoms with Gasteiger partial charge in [0.05, 0.1) is 16.7 Å². The molecular formula is C14H8F4N2O3. The lowest BCUT2D eigenvalue weighted by Crippen LogP contribution is -2.16. The van der Waals surface area contributed by atoms with E-state index in [9.17, 15) is 27.2 Å². The number of nitrogens with one attached hydrogen (secondary N) is 1. The van der Waals surface area contributed by atoms with Crippen molar-refractivity contribution in [1.29, 1.82) is 0 Å². The highest BCUT2D eigenvalue weighted by molar-refractivity contribution is 6.04. The number of benzene rings is 1. The second-order valence-corrected chi connectivity index (χ2v) is 4.38. The van der Waals surface area contributed by atoms with Gasteiger partial charge in [-0.25, -0.2) is 14.2 Å². The summed E-state index contributed by atoms with van der Waals surface area (Å²) in [5.41, 5.74) is -2.12. The average molecular weight is 328 g/mol. The molecule has 0 unspecified atom stereocenters. The van der Waals surface area contributed by atoms with Crippen LogP contribution < -0.4 is 5.32 Å². The highest BCUT2D eigenvalue weighted by Crippen LogP contribution is 2.30.